The molecule has 2 aromatic rings. The zero-order chi connectivity index (χ0) is 14.7. The van der Waals surface area contributed by atoms with Crippen LogP contribution in [0.15, 0.2) is 47.4 Å². The van der Waals surface area contributed by atoms with E-state index in [9.17, 15) is 4.39 Å². The minimum Gasteiger partial charge on any atom is -0.323 e. The predicted octanol–water partition coefficient (Wildman–Crippen LogP) is 4.62. The van der Waals surface area contributed by atoms with Crippen molar-refractivity contribution in [3.05, 3.63) is 65.0 Å². The van der Waals surface area contributed by atoms with Crippen molar-refractivity contribution in [3.63, 3.8) is 0 Å². The molecule has 2 atom stereocenters. The average molecular weight is 289 g/mol. The van der Waals surface area contributed by atoms with Gasteiger partial charge in [-0.3, -0.25) is 0 Å². The molecule has 3 heteroatoms. The molecule has 0 aliphatic carbocycles. The minimum atomic E-state index is -0.226. The van der Waals surface area contributed by atoms with Gasteiger partial charge >= 0.3 is 0 Å². The highest BCUT2D eigenvalue weighted by atomic mass is 32.2. The van der Waals surface area contributed by atoms with Crippen molar-refractivity contribution in [2.24, 2.45) is 5.73 Å². The molecule has 0 aromatic heterocycles. The van der Waals surface area contributed by atoms with E-state index in [1.807, 2.05) is 0 Å². The summed E-state index contributed by atoms with van der Waals surface area (Å²) in [5.41, 5.74) is 9.78. The Morgan fingerprint density at radius 2 is 1.70 bits per heavy atom. The number of halogens is 1. The summed E-state index contributed by atoms with van der Waals surface area (Å²) in [5.74, 6) is -0.226. The molecule has 2 N–H and O–H groups in total. The fraction of sp³-hybridized carbons (Fsp3) is 0.294. The summed E-state index contributed by atoms with van der Waals surface area (Å²) in [5, 5.41) is 0.224. The molecule has 0 spiro atoms. The molecular formula is C17H20FNS. The van der Waals surface area contributed by atoms with Gasteiger partial charge in [-0.2, -0.15) is 0 Å². The number of benzene rings is 2. The Labute approximate surface area is 124 Å². The van der Waals surface area contributed by atoms with E-state index in [4.69, 9.17) is 5.73 Å². The molecular weight excluding hydrogens is 269 g/mol. The summed E-state index contributed by atoms with van der Waals surface area (Å²) >= 11 is 1.77. The van der Waals surface area contributed by atoms with Crippen LogP contribution in [0.1, 0.15) is 29.7 Å². The number of thioether (sulfide) groups is 1. The molecule has 0 saturated carbocycles. The number of rotatable bonds is 4. The summed E-state index contributed by atoms with van der Waals surface area (Å²) in [6, 6.07) is 12.8. The zero-order valence-corrected chi connectivity index (χ0v) is 12.9. The number of aryl methyl sites for hydroxylation is 2. The molecule has 0 bridgehead atoms. The maximum Gasteiger partial charge on any atom is 0.123 e. The third-order valence-electron chi connectivity index (χ3n) is 3.40. The first-order valence-corrected chi connectivity index (χ1v) is 7.60. The fourth-order valence-electron chi connectivity index (χ4n) is 2.16. The van der Waals surface area contributed by atoms with Crippen molar-refractivity contribution in [2.45, 2.75) is 37.0 Å². The lowest BCUT2D eigenvalue weighted by Gasteiger charge is -2.21. The molecule has 2 aromatic carbocycles. The Bertz CT molecular complexity index is 580. The normalized spacial score (nSPS) is 14.1. The summed E-state index contributed by atoms with van der Waals surface area (Å²) < 4.78 is 12.9. The lowest BCUT2D eigenvalue weighted by atomic mass is 10.1. The minimum absolute atomic E-state index is 0.110. The Balaban J connectivity index is 2.11. The standard InChI is InChI=1S/C17H20FNS/c1-11-4-9-16(12(2)10-11)20-13(3)17(19)14-5-7-15(18)8-6-14/h4-10,13,17H,19H2,1-3H3. The summed E-state index contributed by atoms with van der Waals surface area (Å²) in [4.78, 5) is 1.25. The molecule has 0 aliphatic heterocycles. The van der Waals surface area contributed by atoms with Gasteiger partial charge in [0.1, 0.15) is 5.82 Å². The highest BCUT2D eigenvalue weighted by Crippen LogP contribution is 2.32. The summed E-state index contributed by atoms with van der Waals surface area (Å²) in [6.45, 7) is 6.32. The van der Waals surface area contributed by atoms with Gasteiger partial charge in [0.2, 0.25) is 0 Å². The largest absolute Gasteiger partial charge is 0.323 e. The molecule has 0 aliphatic rings. The topological polar surface area (TPSA) is 26.0 Å². The smallest absolute Gasteiger partial charge is 0.123 e. The van der Waals surface area contributed by atoms with E-state index in [0.29, 0.717) is 0 Å². The molecule has 0 heterocycles. The molecule has 2 unspecified atom stereocenters. The number of hydrogen-bond acceptors (Lipinski definition) is 2. The second-order valence-corrected chi connectivity index (χ2v) is 6.59. The Hall–Kier alpha value is -1.32. The molecule has 0 fully saturated rings. The average Bonchev–Trinajstić information content (AvgIpc) is 2.42. The van der Waals surface area contributed by atoms with E-state index in [1.165, 1.54) is 28.2 Å². The van der Waals surface area contributed by atoms with Crippen LogP contribution in [-0.2, 0) is 0 Å². The fourth-order valence-corrected chi connectivity index (χ4v) is 3.26. The number of nitrogens with two attached hydrogens (primary N) is 1. The van der Waals surface area contributed by atoms with Gasteiger partial charge in [0.25, 0.3) is 0 Å². The van der Waals surface area contributed by atoms with E-state index in [2.05, 4.69) is 39.0 Å². The van der Waals surface area contributed by atoms with Crippen molar-refractivity contribution >= 4 is 11.8 Å². The van der Waals surface area contributed by atoms with Gasteiger partial charge in [-0.25, -0.2) is 4.39 Å². The van der Waals surface area contributed by atoms with Crippen LogP contribution < -0.4 is 5.73 Å². The number of hydrogen-bond donors (Lipinski definition) is 1. The van der Waals surface area contributed by atoms with Gasteiger partial charge in [-0.1, -0.05) is 36.8 Å². The summed E-state index contributed by atoms with van der Waals surface area (Å²) in [7, 11) is 0. The second-order valence-electron chi connectivity index (χ2n) is 5.17. The quantitative estimate of drug-likeness (QED) is 0.831. The highest BCUT2D eigenvalue weighted by molar-refractivity contribution is 8.00. The molecule has 1 nitrogen and oxygen atoms in total. The van der Waals surface area contributed by atoms with Gasteiger partial charge in [0.05, 0.1) is 0 Å². The van der Waals surface area contributed by atoms with Crippen LogP contribution in [0, 0.1) is 19.7 Å². The van der Waals surface area contributed by atoms with Crippen molar-refractivity contribution in [2.75, 3.05) is 0 Å². The van der Waals surface area contributed by atoms with Gasteiger partial charge in [-0.15, -0.1) is 11.8 Å². The highest BCUT2D eigenvalue weighted by Gasteiger charge is 2.17. The SMILES string of the molecule is Cc1ccc(SC(C)C(N)c2ccc(F)cc2)c(C)c1. The maximum atomic E-state index is 12.9. The van der Waals surface area contributed by atoms with Gasteiger partial charge in [0, 0.05) is 16.2 Å². The van der Waals surface area contributed by atoms with E-state index in [-0.39, 0.29) is 17.1 Å². The van der Waals surface area contributed by atoms with Crippen LogP contribution in [0.3, 0.4) is 0 Å². The second kappa shape index (κ2) is 6.42. The molecule has 106 valence electrons. The molecule has 0 radical (unpaired) electrons. The monoisotopic (exact) mass is 289 g/mol. The van der Waals surface area contributed by atoms with E-state index in [0.717, 1.165) is 5.56 Å². The first kappa shape index (κ1) is 15.1. The zero-order valence-electron chi connectivity index (χ0n) is 12.1. The van der Waals surface area contributed by atoms with E-state index in [1.54, 1.807) is 23.9 Å². The Morgan fingerprint density at radius 3 is 2.30 bits per heavy atom. The van der Waals surface area contributed by atoms with E-state index < -0.39 is 0 Å². The Morgan fingerprint density at radius 1 is 1.05 bits per heavy atom. The van der Waals surface area contributed by atoms with Crippen LogP contribution >= 0.6 is 11.8 Å². The van der Waals surface area contributed by atoms with Crippen LogP contribution in [0.2, 0.25) is 0 Å². The third-order valence-corrected chi connectivity index (χ3v) is 4.78. The lowest BCUT2D eigenvalue weighted by Crippen LogP contribution is -2.21. The van der Waals surface area contributed by atoms with Gasteiger partial charge in [-0.05, 0) is 43.2 Å². The van der Waals surface area contributed by atoms with Crippen molar-refractivity contribution < 1.29 is 4.39 Å². The first-order valence-electron chi connectivity index (χ1n) is 6.72. The van der Waals surface area contributed by atoms with E-state index >= 15 is 0 Å². The lowest BCUT2D eigenvalue weighted by molar-refractivity contribution is 0.624. The van der Waals surface area contributed by atoms with Crippen molar-refractivity contribution in [3.8, 4) is 0 Å². The van der Waals surface area contributed by atoms with Gasteiger partial charge in [0.15, 0.2) is 0 Å². The third kappa shape index (κ3) is 3.62. The summed E-state index contributed by atoms with van der Waals surface area (Å²) in [6.07, 6.45) is 0. The van der Waals surface area contributed by atoms with Crippen LogP contribution in [0.4, 0.5) is 4.39 Å². The molecule has 20 heavy (non-hydrogen) atoms. The predicted molar refractivity (Wildman–Crippen MR) is 84.6 cm³/mol. The maximum absolute atomic E-state index is 12.9. The van der Waals surface area contributed by atoms with Crippen molar-refractivity contribution in [1.29, 1.82) is 0 Å². The van der Waals surface area contributed by atoms with Crippen LogP contribution in [0.25, 0.3) is 0 Å². The Kier molecular flexibility index (Phi) is 4.84. The molecule has 0 amide bonds. The first-order chi connectivity index (χ1) is 9.47. The molecule has 2 rings (SSSR count). The van der Waals surface area contributed by atoms with Crippen LogP contribution in [-0.4, -0.2) is 5.25 Å². The van der Waals surface area contributed by atoms with Crippen molar-refractivity contribution in [1.82, 2.24) is 0 Å². The molecule has 0 saturated heterocycles. The van der Waals surface area contributed by atoms with Crippen LogP contribution in [0.5, 0.6) is 0 Å². The van der Waals surface area contributed by atoms with Gasteiger partial charge < -0.3 is 5.73 Å².